The summed E-state index contributed by atoms with van der Waals surface area (Å²) in [6.07, 6.45) is 0.538. The van der Waals surface area contributed by atoms with Crippen LogP contribution in [0.2, 0.25) is 0 Å². The fourth-order valence-electron chi connectivity index (χ4n) is 3.28. The van der Waals surface area contributed by atoms with Crippen molar-refractivity contribution in [3.8, 4) is 17.2 Å². The number of aryl methyl sites for hydroxylation is 1. The Morgan fingerprint density at radius 2 is 1.59 bits per heavy atom. The molecule has 154 valence electrons. The average Bonchev–Trinajstić information content (AvgIpc) is 3.53. The lowest BCUT2D eigenvalue weighted by Gasteiger charge is -2.14. The molecule has 2 aromatic carbocycles. The Labute approximate surface area is 170 Å². The Hall–Kier alpha value is -3.22. The van der Waals surface area contributed by atoms with Gasteiger partial charge in [0.05, 0.1) is 33.2 Å². The summed E-state index contributed by atoms with van der Waals surface area (Å²) in [5, 5.41) is 5.76. The van der Waals surface area contributed by atoms with Gasteiger partial charge < -0.3 is 24.8 Å². The summed E-state index contributed by atoms with van der Waals surface area (Å²) in [6.45, 7) is 2.47. The highest BCUT2D eigenvalue weighted by atomic mass is 16.5. The standard InChI is InChI=1S/C22H26N2O5/c1-13-7-5-6-8-14(13)12-23-21(25)16-11-17(16)22(26)24-15-9-18(27-2)20(29-4)19(10-15)28-3/h5-10,16-17H,11-12H2,1-4H3,(H,23,25)(H,24,26). The van der Waals surface area contributed by atoms with Crippen LogP contribution in [0.1, 0.15) is 17.5 Å². The first-order valence-corrected chi connectivity index (χ1v) is 9.41. The molecular weight excluding hydrogens is 372 g/mol. The fraction of sp³-hybridized carbons (Fsp3) is 0.364. The van der Waals surface area contributed by atoms with Crippen LogP contribution in [-0.2, 0) is 16.1 Å². The Bertz CT molecular complexity index is 887. The molecule has 0 aromatic heterocycles. The summed E-state index contributed by atoms with van der Waals surface area (Å²) in [5.74, 6) is 0.407. The number of ether oxygens (including phenoxy) is 3. The highest BCUT2D eigenvalue weighted by molar-refractivity contribution is 5.99. The molecule has 1 saturated carbocycles. The molecule has 2 aromatic rings. The van der Waals surface area contributed by atoms with E-state index in [1.807, 2.05) is 31.2 Å². The molecule has 3 rings (SSSR count). The summed E-state index contributed by atoms with van der Waals surface area (Å²) in [4.78, 5) is 25.0. The Morgan fingerprint density at radius 1 is 0.966 bits per heavy atom. The maximum Gasteiger partial charge on any atom is 0.228 e. The van der Waals surface area contributed by atoms with Gasteiger partial charge in [-0.1, -0.05) is 24.3 Å². The van der Waals surface area contributed by atoms with E-state index < -0.39 is 0 Å². The van der Waals surface area contributed by atoms with Crippen molar-refractivity contribution in [2.75, 3.05) is 26.6 Å². The number of methoxy groups -OCH3 is 3. The van der Waals surface area contributed by atoms with Gasteiger partial charge in [0.2, 0.25) is 17.6 Å². The van der Waals surface area contributed by atoms with Crippen LogP contribution in [-0.4, -0.2) is 33.1 Å². The smallest absolute Gasteiger partial charge is 0.228 e. The van der Waals surface area contributed by atoms with Gasteiger partial charge in [-0.2, -0.15) is 0 Å². The van der Waals surface area contributed by atoms with E-state index >= 15 is 0 Å². The molecule has 0 radical (unpaired) electrons. The van der Waals surface area contributed by atoms with E-state index in [2.05, 4.69) is 10.6 Å². The average molecular weight is 398 g/mol. The van der Waals surface area contributed by atoms with Gasteiger partial charge in [-0.25, -0.2) is 0 Å². The monoisotopic (exact) mass is 398 g/mol. The van der Waals surface area contributed by atoms with E-state index in [-0.39, 0.29) is 23.7 Å². The minimum Gasteiger partial charge on any atom is -0.493 e. The molecule has 1 aliphatic carbocycles. The zero-order chi connectivity index (χ0) is 21.0. The van der Waals surface area contributed by atoms with Crippen LogP contribution in [0.4, 0.5) is 5.69 Å². The van der Waals surface area contributed by atoms with E-state index in [0.717, 1.165) is 11.1 Å². The van der Waals surface area contributed by atoms with Crippen molar-refractivity contribution in [2.45, 2.75) is 19.9 Å². The maximum atomic E-state index is 12.6. The second-order valence-electron chi connectivity index (χ2n) is 7.00. The molecular formula is C22H26N2O5. The number of hydrogen-bond acceptors (Lipinski definition) is 5. The highest BCUT2D eigenvalue weighted by Crippen LogP contribution is 2.42. The SMILES string of the molecule is COc1cc(NC(=O)C2CC2C(=O)NCc2ccccc2C)cc(OC)c1OC. The lowest BCUT2D eigenvalue weighted by atomic mass is 10.1. The number of benzene rings is 2. The van der Waals surface area contributed by atoms with Gasteiger partial charge >= 0.3 is 0 Å². The third kappa shape index (κ3) is 4.62. The van der Waals surface area contributed by atoms with Crippen LogP contribution in [0.15, 0.2) is 36.4 Å². The number of nitrogens with one attached hydrogen (secondary N) is 2. The van der Waals surface area contributed by atoms with Crippen LogP contribution in [0.25, 0.3) is 0 Å². The zero-order valence-electron chi connectivity index (χ0n) is 17.1. The van der Waals surface area contributed by atoms with Crippen LogP contribution >= 0.6 is 0 Å². The van der Waals surface area contributed by atoms with Crippen molar-refractivity contribution in [1.82, 2.24) is 5.32 Å². The first kappa shape index (κ1) is 20.5. The minimum absolute atomic E-state index is 0.0988. The molecule has 0 bridgehead atoms. The van der Waals surface area contributed by atoms with E-state index in [9.17, 15) is 9.59 Å². The van der Waals surface area contributed by atoms with Crippen molar-refractivity contribution in [3.63, 3.8) is 0 Å². The predicted octanol–water partition coefficient (Wildman–Crippen LogP) is 2.91. The van der Waals surface area contributed by atoms with Gasteiger partial charge in [0, 0.05) is 24.4 Å². The third-order valence-corrected chi connectivity index (χ3v) is 5.11. The van der Waals surface area contributed by atoms with E-state index in [1.165, 1.54) is 21.3 Å². The normalized spacial score (nSPS) is 17.2. The molecule has 7 heteroatoms. The first-order valence-electron chi connectivity index (χ1n) is 9.41. The van der Waals surface area contributed by atoms with Crippen LogP contribution in [0, 0.1) is 18.8 Å². The van der Waals surface area contributed by atoms with Gasteiger partial charge in [0.1, 0.15) is 0 Å². The number of carbonyl (C=O) groups is 2. The second-order valence-corrected chi connectivity index (χ2v) is 7.00. The Morgan fingerprint density at radius 3 is 2.17 bits per heavy atom. The minimum atomic E-state index is -0.342. The predicted molar refractivity (Wildman–Crippen MR) is 109 cm³/mol. The van der Waals surface area contributed by atoms with Gasteiger partial charge in [0.15, 0.2) is 11.5 Å². The molecule has 2 unspecified atom stereocenters. The van der Waals surface area contributed by atoms with Crippen LogP contribution in [0.3, 0.4) is 0 Å². The van der Waals surface area contributed by atoms with Gasteiger partial charge in [-0.3, -0.25) is 9.59 Å². The summed E-state index contributed by atoms with van der Waals surface area (Å²) in [7, 11) is 4.54. The zero-order valence-corrected chi connectivity index (χ0v) is 17.1. The molecule has 2 N–H and O–H groups in total. The highest BCUT2D eigenvalue weighted by Gasteiger charge is 2.48. The largest absolute Gasteiger partial charge is 0.493 e. The lowest BCUT2D eigenvalue weighted by molar-refractivity contribution is -0.125. The van der Waals surface area contributed by atoms with Gasteiger partial charge in [-0.05, 0) is 24.5 Å². The molecule has 1 fully saturated rings. The number of rotatable bonds is 8. The first-order chi connectivity index (χ1) is 14.0. The summed E-state index contributed by atoms with van der Waals surface area (Å²) < 4.78 is 15.9. The van der Waals surface area contributed by atoms with Crippen molar-refractivity contribution >= 4 is 17.5 Å². The number of amides is 2. The molecule has 2 amide bonds. The number of hydrogen-bond donors (Lipinski definition) is 2. The molecule has 7 nitrogen and oxygen atoms in total. The van der Waals surface area contributed by atoms with Crippen LogP contribution < -0.4 is 24.8 Å². The summed E-state index contributed by atoms with van der Waals surface area (Å²) in [5.41, 5.74) is 2.72. The molecule has 0 heterocycles. The molecule has 2 atom stereocenters. The van der Waals surface area contributed by atoms with E-state index in [4.69, 9.17) is 14.2 Å². The summed E-state index contributed by atoms with van der Waals surface area (Å²) in [6, 6.07) is 11.2. The quantitative estimate of drug-likeness (QED) is 0.714. The molecule has 0 spiro atoms. The van der Waals surface area contributed by atoms with Gasteiger partial charge in [-0.15, -0.1) is 0 Å². The van der Waals surface area contributed by atoms with Crippen molar-refractivity contribution < 1.29 is 23.8 Å². The number of carbonyl (C=O) groups excluding carboxylic acids is 2. The fourth-order valence-corrected chi connectivity index (χ4v) is 3.28. The second kappa shape index (κ2) is 8.86. The number of anilines is 1. The van der Waals surface area contributed by atoms with Crippen molar-refractivity contribution in [3.05, 3.63) is 47.5 Å². The molecule has 0 aliphatic heterocycles. The maximum absolute atomic E-state index is 12.6. The Kier molecular flexibility index (Phi) is 6.26. The molecule has 0 saturated heterocycles. The van der Waals surface area contributed by atoms with Crippen molar-refractivity contribution in [2.24, 2.45) is 11.8 Å². The Balaban J connectivity index is 1.59. The van der Waals surface area contributed by atoms with E-state index in [0.29, 0.717) is 35.9 Å². The van der Waals surface area contributed by atoms with Gasteiger partial charge in [0.25, 0.3) is 0 Å². The van der Waals surface area contributed by atoms with E-state index in [1.54, 1.807) is 12.1 Å². The summed E-state index contributed by atoms with van der Waals surface area (Å²) >= 11 is 0. The van der Waals surface area contributed by atoms with Crippen molar-refractivity contribution in [1.29, 1.82) is 0 Å². The van der Waals surface area contributed by atoms with Crippen LogP contribution in [0.5, 0.6) is 17.2 Å². The molecule has 1 aliphatic rings. The topological polar surface area (TPSA) is 85.9 Å². The third-order valence-electron chi connectivity index (χ3n) is 5.11. The lowest BCUT2D eigenvalue weighted by Crippen LogP contribution is -2.27. The molecule has 29 heavy (non-hydrogen) atoms.